The number of nitrogens with zero attached hydrogens (tertiary/aromatic N) is 2. The first-order chi connectivity index (χ1) is 11.1. The van der Waals surface area contributed by atoms with Crippen LogP contribution in [0.3, 0.4) is 0 Å². The molecule has 24 heavy (non-hydrogen) atoms. The summed E-state index contributed by atoms with van der Waals surface area (Å²) in [6.07, 6.45) is 1.51. The Bertz CT molecular complexity index is 780. The molecule has 0 bridgehead atoms. The fourth-order valence-corrected chi connectivity index (χ4v) is 4.08. The number of urea groups is 1. The molecule has 8 heteroatoms. The van der Waals surface area contributed by atoms with Crippen LogP contribution in [0.25, 0.3) is 10.2 Å². The predicted molar refractivity (Wildman–Crippen MR) is 98.6 cm³/mol. The van der Waals surface area contributed by atoms with E-state index in [4.69, 9.17) is 0 Å². The van der Waals surface area contributed by atoms with E-state index >= 15 is 0 Å². The van der Waals surface area contributed by atoms with Crippen LogP contribution in [0.2, 0.25) is 0 Å². The normalized spacial score (nSPS) is 12.9. The number of aromatic nitrogens is 2. The number of hydrogen-bond donors (Lipinski definition) is 2. The molecule has 2 aromatic heterocycles. The number of aryl methyl sites for hydroxylation is 2. The van der Waals surface area contributed by atoms with Gasteiger partial charge in [-0.15, -0.1) is 11.3 Å². The van der Waals surface area contributed by atoms with E-state index in [2.05, 4.69) is 20.6 Å². The topological polar surface area (TPSA) is 84.0 Å². The van der Waals surface area contributed by atoms with Crippen molar-refractivity contribution in [3.63, 3.8) is 0 Å². The van der Waals surface area contributed by atoms with Crippen molar-refractivity contribution in [2.75, 3.05) is 0 Å². The van der Waals surface area contributed by atoms with Crippen LogP contribution in [0.4, 0.5) is 4.79 Å². The Balaban J connectivity index is 2.11. The third-order valence-electron chi connectivity index (χ3n) is 3.31. The maximum absolute atomic E-state index is 12.2. The summed E-state index contributed by atoms with van der Waals surface area (Å²) in [4.78, 5) is 34.8. The lowest BCUT2D eigenvalue weighted by molar-refractivity contribution is -0.119. The number of fused-ring (bicyclic) bond motifs is 1. The molecule has 2 heterocycles. The minimum atomic E-state index is -0.490. The summed E-state index contributed by atoms with van der Waals surface area (Å²) < 4.78 is 0. The molecule has 0 aliphatic carbocycles. The molecule has 0 radical (unpaired) electrons. The van der Waals surface area contributed by atoms with Gasteiger partial charge in [0.05, 0.1) is 5.25 Å². The highest BCUT2D eigenvalue weighted by Gasteiger charge is 2.22. The number of thioether (sulfide) groups is 1. The van der Waals surface area contributed by atoms with Gasteiger partial charge in [-0.25, -0.2) is 14.8 Å². The largest absolute Gasteiger partial charge is 0.333 e. The van der Waals surface area contributed by atoms with E-state index in [1.807, 2.05) is 34.6 Å². The second-order valence-corrected chi connectivity index (χ2v) is 9.13. The summed E-state index contributed by atoms with van der Waals surface area (Å²) in [6.45, 7) is 11.4. The van der Waals surface area contributed by atoms with Crippen molar-refractivity contribution in [3.05, 3.63) is 16.8 Å². The second kappa shape index (κ2) is 7.06. The molecule has 6 nitrogen and oxygen atoms in total. The molecule has 2 rings (SSSR count). The number of amides is 3. The van der Waals surface area contributed by atoms with Crippen LogP contribution < -0.4 is 10.6 Å². The molecule has 0 unspecified atom stereocenters. The Labute approximate surface area is 149 Å². The van der Waals surface area contributed by atoms with Crippen molar-refractivity contribution in [1.82, 2.24) is 20.6 Å². The molecule has 3 amide bonds. The van der Waals surface area contributed by atoms with E-state index < -0.39 is 16.8 Å². The molecule has 0 aliphatic heterocycles. The smallest absolute Gasteiger partial charge is 0.321 e. The lowest BCUT2D eigenvalue weighted by Crippen LogP contribution is -2.49. The molecule has 0 fully saturated rings. The zero-order chi connectivity index (χ0) is 18.1. The van der Waals surface area contributed by atoms with Gasteiger partial charge < -0.3 is 5.32 Å². The van der Waals surface area contributed by atoms with Gasteiger partial charge in [0.25, 0.3) is 0 Å². The van der Waals surface area contributed by atoms with Crippen LogP contribution in [-0.2, 0) is 4.79 Å². The van der Waals surface area contributed by atoms with Crippen molar-refractivity contribution in [3.8, 4) is 0 Å². The van der Waals surface area contributed by atoms with Gasteiger partial charge in [0.2, 0.25) is 5.91 Å². The number of imide groups is 1. The molecule has 2 aromatic rings. The van der Waals surface area contributed by atoms with E-state index in [0.29, 0.717) is 0 Å². The van der Waals surface area contributed by atoms with Crippen LogP contribution >= 0.6 is 23.1 Å². The number of rotatable bonds is 3. The van der Waals surface area contributed by atoms with Gasteiger partial charge in [-0.2, -0.15) is 0 Å². The average Bonchev–Trinajstić information content (AvgIpc) is 2.72. The van der Waals surface area contributed by atoms with Crippen LogP contribution in [0, 0.1) is 13.8 Å². The Morgan fingerprint density at radius 3 is 2.54 bits per heavy atom. The lowest BCUT2D eigenvalue weighted by atomic mass is 10.1. The van der Waals surface area contributed by atoms with Crippen LogP contribution in [-0.4, -0.2) is 32.7 Å². The predicted octanol–water partition coefficient (Wildman–Crippen LogP) is 3.41. The summed E-state index contributed by atoms with van der Waals surface area (Å²) >= 11 is 2.95. The average molecular weight is 367 g/mol. The fourth-order valence-electron chi connectivity index (χ4n) is 2.05. The Morgan fingerprint density at radius 1 is 1.25 bits per heavy atom. The van der Waals surface area contributed by atoms with Gasteiger partial charge in [-0.05, 0) is 47.1 Å². The second-order valence-electron chi connectivity index (χ2n) is 6.60. The number of thiophene rings is 1. The summed E-state index contributed by atoms with van der Waals surface area (Å²) in [6, 6.07) is -0.490. The molecule has 0 saturated carbocycles. The first-order valence-electron chi connectivity index (χ1n) is 7.59. The van der Waals surface area contributed by atoms with Gasteiger partial charge in [-0.1, -0.05) is 11.8 Å². The van der Waals surface area contributed by atoms with Crippen LogP contribution in [0.1, 0.15) is 38.1 Å². The van der Waals surface area contributed by atoms with Crippen molar-refractivity contribution < 1.29 is 9.59 Å². The number of hydrogen-bond acceptors (Lipinski definition) is 6. The van der Waals surface area contributed by atoms with Crippen LogP contribution in [0.5, 0.6) is 0 Å². The molecule has 2 N–H and O–H groups in total. The minimum Gasteiger partial charge on any atom is -0.333 e. The molecule has 0 saturated heterocycles. The summed E-state index contributed by atoms with van der Waals surface area (Å²) in [7, 11) is 0. The van der Waals surface area contributed by atoms with Crippen molar-refractivity contribution in [1.29, 1.82) is 0 Å². The van der Waals surface area contributed by atoms with Gasteiger partial charge in [0.15, 0.2) is 0 Å². The first kappa shape index (κ1) is 18.7. The summed E-state index contributed by atoms with van der Waals surface area (Å²) in [5, 5.41) is 6.38. The highest BCUT2D eigenvalue weighted by atomic mass is 32.2. The van der Waals surface area contributed by atoms with E-state index in [-0.39, 0.29) is 5.91 Å². The third kappa shape index (κ3) is 4.45. The van der Waals surface area contributed by atoms with Gasteiger partial charge in [0, 0.05) is 15.8 Å². The molecule has 1 atom stereocenters. The quantitative estimate of drug-likeness (QED) is 0.642. The molecule has 0 aromatic carbocycles. The first-order valence-corrected chi connectivity index (χ1v) is 9.28. The number of carbonyl (C=O) groups excluding carboxylic acids is 2. The number of nitrogens with one attached hydrogen (secondary N) is 2. The zero-order valence-electron chi connectivity index (χ0n) is 14.7. The monoisotopic (exact) mass is 366 g/mol. The Morgan fingerprint density at radius 2 is 1.92 bits per heavy atom. The van der Waals surface area contributed by atoms with Gasteiger partial charge in [-0.3, -0.25) is 10.1 Å². The number of carbonyl (C=O) groups is 2. The SMILES string of the molecule is Cc1sc2ncnc(S[C@@H](C)C(=O)NC(=O)NC(C)(C)C)c2c1C. The molecular formula is C16H22N4O2S2. The standard InChI is InChI=1S/C16H22N4O2S2/c1-8-9(2)23-13-11(8)14(18-7-17-13)24-10(3)12(21)19-15(22)20-16(4,5)6/h7,10H,1-6H3,(H2,19,20,21,22)/t10-/m0/s1. The zero-order valence-corrected chi connectivity index (χ0v) is 16.3. The van der Waals surface area contributed by atoms with Gasteiger partial charge in [0.1, 0.15) is 16.2 Å². The van der Waals surface area contributed by atoms with E-state index in [0.717, 1.165) is 20.8 Å². The maximum atomic E-state index is 12.2. The molecule has 130 valence electrons. The minimum absolute atomic E-state index is 0.349. The van der Waals surface area contributed by atoms with Crippen LogP contribution in [0.15, 0.2) is 11.4 Å². The molecule has 0 spiro atoms. The van der Waals surface area contributed by atoms with E-state index in [1.54, 1.807) is 18.3 Å². The maximum Gasteiger partial charge on any atom is 0.321 e. The summed E-state index contributed by atoms with van der Waals surface area (Å²) in [5.41, 5.74) is 0.737. The highest BCUT2D eigenvalue weighted by molar-refractivity contribution is 8.00. The van der Waals surface area contributed by atoms with E-state index in [9.17, 15) is 9.59 Å². The summed E-state index contributed by atoms with van der Waals surface area (Å²) in [5.74, 6) is -0.349. The third-order valence-corrected chi connectivity index (χ3v) is 5.53. The fraction of sp³-hybridized carbons (Fsp3) is 0.500. The van der Waals surface area contributed by atoms with E-state index in [1.165, 1.54) is 23.0 Å². The van der Waals surface area contributed by atoms with Gasteiger partial charge >= 0.3 is 6.03 Å². The molecular weight excluding hydrogens is 344 g/mol. The Kier molecular flexibility index (Phi) is 5.49. The Hall–Kier alpha value is -1.67. The molecule has 0 aliphatic rings. The lowest BCUT2D eigenvalue weighted by Gasteiger charge is -2.21. The highest BCUT2D eigenvalue weighted by Crippen LogP contribution is 2.35. The van der Waals surface area contributed by atoms with Crippen molar-refractivity contribution >= 4 is 45.3 Å². The van der Waals surface area contributed by atoms with Crippen molar-refractivity contribution in [2.45, 2.75) is 57.4 Å². The van der Waals surface area contributed by atoms with Crippen molar-refractivity contribution in [2.24, 2.45) is 0 Å².